The van der Waals surface area contributed by atoms with Gasteiger partial charge in [-0.2, -0.15) is 13.2 Å². The Balaban J connectivity index is 0.000000675. The van der Waals surface area contributed by atoms with Gasteiger partial charge >= 0.3 is 12.1 Å². The largest absolute Gasteiger partial charge is 0.497 e. The standard InChI is InChI=1S/C17H22N4O4S.C2HF3O2/c1-10(18)16(23)19-6-7-21-13(9-15(22)20-17(21)26)12-5-4-11(24-2)8-14(12)25-3;3-2(4,5)1(6)7/h4-5,8-10H,6-7,18H2,1-3H3,(H,19,23)(H,20,22,26);(H,6,7)/t10-;/m1./s1. The molecule has 0 spiro atoms. The van der Waals surface area contributed by atoms with E-state index in [0.717, 1.165) is 0 Å². The molecule has 182 valence electrons. The first kappa shape index (κ1) is 27.6. The zero-order valence-electron chi connectivity index (χ0n) is 17.9. The second-order valence-electron chi connectivity index (χ2n) is 6.42. The van der Waals surface area contributed by atoms with E-state index < -0.39 is 18.2 Å². The summed E-state index contributed by atoms with van der Waals surface area (Å²) < 4.78 is 44.3. The van der Waals surface area contributed by atoms with Gasteiger partial charge in [0.2, 0.25) is 5.91 Å². The average Bonchev–Trinajstić information content (AvgIpc) is 2.73. The molecule has 2 aromatic rings. The van der Waals surface area contributed by atoms with Crippen molar-refractivity contribution >= 4 is 24.1 Å². The second-order valence-corrected chi connectivity index (χ2v) is 6.81. The molecule has 0 aliphatic rings. The van der Waals surface area contributed by atoms with Crippen LogP contribution in [-0.4, -0.2) is 59.5 Å². The molecule has 10 nitrogen and oxygen atoms in total. The second kappa shape index (κ2) is 12.0. The van der Waals surface area contributed by atoms with Crippen LogP contribution in [0.15, 0.2) is 29.1 Å². The number of carbonyl (C=O) groups excluding carboxylic acids is 1. The third-order valence-corrected chi connectivity index (χ3v) is 4.33. The van der Waals surface area contributed by atoms with E-state index in [4.69, 9.17) is 37.3 Å². The van der Waals surface area contributed by atoms with Crippen molar-refractivity contribution in [3.63, 3.8) is 0 Å². The highest BCUT2D eigenvalue weighted by molar-refractivity contribution is 7.71. The summed E-state index contributed by atoms with van der Waals surface area (Å²) in [6, 6.07) is 6.12. The number of ether oxygens (including phenoxy) is 2. The number of nitrogens with two attached hydrogens (primary N) is 1. The number of nitrogens with zero attached hydrogens (tertiary/aromatic N) is 1. The third kappa shape index (κ3) is 8.23. The Morgan fingerprint density at radius 2 is 1.88 bits per heavy atom. The maximum absolute atomic E-state index is 11.9. The molecule has 0 radical (unpaired) electrons. The van der Waals surface area contributed by atoms with Crippen molar-refractivity contribution in [2.75, 3.05) is 20.8 Å². The Labute approximate surface area is 191 Å². The monoisotopic (exact) mass is 492 g/mol. The van der Waals surface area contributed by atoms with E-state index in [1.807, 2.05) is 0 Å². The van der Waals surface area contributed by atoms with Crippen molar-refractivity contribution in [3.8, 4) is 22.8 Å². The summed E-state index contributed by atoms with van der Waals surface area (Å²) in [4.78, 5) is 35.1. The lowest BCUT2D eigenvalue weighted by Crippen LogP contribution is -2.39. The minimum absolute atomic E-state index is 0.250. The van der Waals surface area contributed by atoms with Gasteiger partial charge in [0.05, 0.1) is 26.0 Å². The van der Waals surface area contributed by atoms with E-state index in [0.29, 0.717) is 35.8 Å². The molecule has 1 atom stereocenters. The van der Waals surface area contributed by atoms with E-state index in [-0.39, 0.29) is 16.2 Å². The first-order valence-electron chi connectivity index (χ1n) is 9.21. The molecular weight excluding hydrogens is 469 g/mol. The summed E-state index contributed by atoms with van der Waals surface area (Å²) in [6.45, 7) is 2.28. The first-order chi connectivity index (χ1) is 15.3. The van der Waals surface area contributed by atoms with E-state index >= 15 is 0 Å². The number of aromatic nitrogens is 2. The molecule has 1 aromatic heterocycles. The smallest absolute Gasteiger partial charge is 0.490 e. The Kier molecular flexibility index (Phi) is 10.1. The van der Waals surface area contributed by atoms with Crippen molar-refractivity contribution in [3.05, 3.63) is 39.4 Å². The number of carboxylic acids is 1. The van der Waals surface area contributed by atoms with Crippen LogP contribution in [0.4, 0.5) is 13.2 Å². The molecule has 5 N–H and O–H groups in total. The van der Waals surface area contributed by atoms with E-state index in [1.165, 1.54) is 13.2 Å². The minimum atomic E-state index is -5.08. The number of halogens is 3. The number of aliphatic carboxylic acids is 1. The number of H-pyrrole nitrogens is 1. The zero-order valence-corrected chi connectivity index (χ0v) is 18.7. The van der Waals surface area contributed by atoms with Crippen molar-refractivity contribution in [1.82, 2.24) is 14.9 Å². The lowest BCUT2D eigenvalue weighted by molar-refractivity contribution is -0.192. The number of aromatic amines is 1. The molecule has 0 saturated heterocycles. The minimum Gasteiger partial charge on any atom is -0.497 e. The molecule has 0 saturated carbocycles. The number of methoxy groups -OCH3 is 2. The van der Waals surface area contributed by atoms with Crippen LogP contribution in [0.3, 0.4) is 0 Å². The number of alkyl halides is 3. The lowest BCUT2D eigenvalue weighted by atomic mass is 10.1. The summed E-state index contributed by atoms with van der Waals surface area (Å²) in [5.41, 5.74) is 6.48. The van der Waals surface area contributed by atoms with Crippen LogP contribution in [0.1, 0.15) is 6.92 Å². The van der Waals surface area contributed by atoms with Gasteiger partial charge in [0.25, 0.3) is 5.56 Å². The highest BCUT2D eigenvalue weighted by Crippen LogP contribution is 2.32. The Hall–Kier alpha value is -3.39. The Bertz CT molecular complexity index is 1100. The Morgan fingerprint density at radius 3 is 2.36 bits per heavy atom. The van der Waals surface area contributed by atoms with E-state index in [2.05, 4.69) is 10.3 Å². The van der Waals surface area contributed by atoms with Crippen LogP contribution in [0, 0.1) is 4.77 Å². The molecule has 1 amide bonds. The van der Waals surface area contributed by atoms with Gasteiger partial charge in [-0.25, -0.2) is 4.79 Å². The molecule has 0 aliphatic heterocycles. The van der Waals surface area contributed by atoms with Crippen molar-refractivity contribution in [2.24, 2.45) is 5.73 Å². The number of amides is 1. The molecule has 0 unspecified atom stereocenters. The molecule has 0 fully saturated rings. The van der Waals surface area contributed by atoms with Crippen molar-refractivity contribution in [1.29, 1.82) is 0 Å². The number of hydrogen-bond donors (Lipinski definition) is 4. The molecule has 2 rings (SSSR count). The Morgan fingerprint density at radius 1 is 1.27 bits per heavy atom. The van der Waals surface area contributed by atoms with Gasteiger partial charge in [0, 0.05) is 30.8 Å². The number of carbonyl (C=O) groups is 2. The predicted molar refractivity (Wildman–Crippen MR) is 115 cm³/mol. The molecule has 0 bridgehead atoms. The third-order valence-electron chi connectivity index (χ3n) is 4.01. The van der Waals surface area contributed by atoms with Crippen LogP contribution in [-0.2, 0) is 16.1 Å². The summed E-state index contributed by atoms with van der Waals surface area (Å²) in [5, 5.41) is 9.85. The fourth-order valence-corrected chi connectivity index (χ4v) is 2.72. The lowest BCUT2D eigenvalue weighted by Gasteiger charge is -2.17. The van der Waals surface area contributed by atoms with Crippen LogP contribution in [0.25, 0.3) is 11.3 Å². The quantitative estimate of drug-likeness (QED) is 0.427. The van der Waals surface area contributed by atoms with Crippen molar-refractivity contribution in [2.45, 2.75) is 25.7 Å². The fourth-order valence-electron chi connectivity index (χ4n) is 2.43. The fraction of sp³-hybridized carbons (Fsp3) is 0.368. The average molecular weight is 492 g/mol. The van der Waals surface area contributed by atoms with Gasteiger partial charge < -0.3 is 30.2 Å². The van der Waals surface area contributed by atoms with Gasteiger partial charge in [-0.15, -0.1) is 0 Å². The highest BCUT2D eigenvalue weighted by Gasteiger charge is 2.38. The SMILES string of the molecule is COc1ccc(-c2cc(=O)[nH]c(=S)n2CCNC(=O)[C@@H](C)N)c(OC)c1.O=C(O)C(F)(F)F. The topological polar surface area (TPSA) is 149 Å². The molecule has 14 heteroatoms. The predicted octanol–water partition coefficient (Wildman–Crippen LogP) is 1.69. The van der Waals surface area contributed by atoms with Crippen LogP contribution in [0.2, 0.25) is 0 Å². The molecule has 33 heavy (non-hydrogen) atoms. The highest BCUT2D eigenvalue weighted by atomic mass is 32.1. The van der Waals surface area contributed by atoms with Gasteiger partial charge in [-0.1, -0.05) is 0 Å². The number of benzene rings is 1. The number of hydrogen-bond acceptors (Lipinski definition) is 7. The zero-order chi connectivity index (χ0) is 25.3. The van der Waals surface area contributed by atoms with Crippen LogP contribution >= 0.6 is 12.2 Å². The summed E-state index contributed by atoms with van der Waals surface area (Å²) in [7, 11) is 3.09. The first-order valence-corrected chi connectivity index (χ1v) is 9.62. The summed E-state index contributed by atoms with van der Waals surface area (Å²) in [5.74, 6) is -1.85. The van der Waals surface area contributed by atoms with Gasteiger partial charge in [0.15, 0.2) is 4.77 Å². The molecule has 0 aliphatic carbocycles. The normalized spacial score (nSPS) is 11.6. The summed E-state index contributed by atoms with van der Waals surface area (Å²) in [6.07, 6.45) is -5.08. The summed E-state index contributed by atoms with van der Waals surface area (Å²) >= 11 is 5.29. The van der Waals surface area contributed by atoms with Crippen LogP contribution < -0.4 is 26.1 Å². The maximum Gasteiger partial charge on any atom is 0.490 e. The van der Waals surface area contributed by atoms with E-state index in [9.17, 15) is 22.8 Å². The maximum atomic E-state index is 11.9. The number of rotatable bonds is 7. The van der Waals surface area contributed by atoms with Gasteiger partial charge in [-0.05, 0) is 31.3 Å². The van der Waals surface area contributed by atoms with Crippen molar-refractivity contribution < 1.29 is 37.3 Å². The van der Waals surface area contributed by atoms with Gasteiger partial charge in [-0.3, -0.25) is 14.6 Å². The van der Waals surface area contributed by atoms with Crippen LogP contribution in [0.5, 0.6) is 11.5 Å². The molecular formula is C19H23F3N4O6S. The van der Waals surface area contributed by atoms with Gasteiger partial charge in [0.1, 0.15) is 11.5 Å². The van der Waals surface area contributed by atoms with E-state index in [1.54, 1.807) is 36.8 Å². The molecule has 1 heterocycles. The number of carboxylic acid groups (broad SMARTS) is 1. The molecule has 1 aromatic carbocycles. The number of nitrogens with one attached hydrogen (secondary N) is 2.